The molecule has 1 unspecified atom stereocenters. The fourth-order valence-electron chi connectivity index (χ4n) is 2.65. The van der Waals surface area contributed by atoms with E-state index in [9.17, 15) is 5.11 Å². The molecule has 0 bridgehead atoms. The monoisotopic (exact) mass is 296 g/mol. The maximum atomic E-state index is 9.50. The van der Waals surface area contributed by atoms with Crippen molar-refractivity contribution in [3.05, 3.63) is 34.9 Å². The number of rotatable bonds is 11. The Labute approximate surface area is 129 Å². The summed E-state index contributed by atoms with van der Waals surface area (Å²) in [7, 11) is 0. The van der Waals surface area contributed by atoms with Crippen LogP contribution in [0.25, 0.3) is 0 Å². The first-order valence-electron chi connectivity index (χ1n) is 8.11. The van der Waals surface area contributed by atoms with E-state index in [2.05, 4.69) is 13.0 Å². The molecular weight excluding hydrogens is 268 g/mol. The van der Waals surface area contributed by atoms with Crippen molar-refractivity contribution < 1.29 is 5.11 Å². The minimum absolute atomic E-state index is 0.280. The highest BCUT2D eigenvalue weighted by molar-refractivity contribution is 6.30. The van der Waals surface area contributed by atoms with Gasteiger partial charge in [-0.05, 0) is 36.5 Å². The molecule has 0 aromatic heterocycles. The molecule has 20 heavy (non-hydrogen) atoms. The molecule has 0 heterocycles. The van der Waals surface area contributed by atoms with Crippen molar-refractivity contribution in [2.24, 2.45) is 5.92 Å². The Bertz CT molecular complexity index is 351. The molecule has 1 atom stereocenters. The van der Waals surface area contributed by atoms with Crippen LogP contribution in [0.3, 0.4) is 0 Å². The van der Waals surface area contributed by atoms with E-state index in [1.165, 1.54) is 50.5 Å². The molecule has 2 heteroatoms. The molecule has 1 aromatic rings. The number of hydrogen-bond acceptors (Lipinski definition) is 1. The summed E-state index contributed by atoms with van der Waals surface area (Å²) in [6.07, 6.45) is 11.4. The van der Waals surface area contributed by atoms with Crippen LogP contribution >= 0.6 is 11.6 Å². The Morgan fingerprint density at radius 2 is 1.75 bits per heavy atom. The summed E-state index contributed by atoms with van der Waals surface area (Å²) in [5.41, 5.74) is 1.24. The smallest absolute Gasteiger partial charge is 0.0462 e. The third-order valence-electron chi connectivity index (χ3n) is 3.89. The van der Waals surface area contributed by atoms with Crippen LogP contribution in [0, 0.1) is 5.92 Å². The zero-order chi connectivity index (χ0) is 14.6. The van der Waals surface area contributed by atoms with Crippen LogP contribution in [0.15, 0.2) is 24.3 Å². The molecule has 0 aliphatic heterocycles. The summed E-state index contributed by atoms with van der Waals surface area (Å²) in [6.45, 7) is 2.53. The molecular formula is C18H29ClO. The molecule has 1 nitrogen and oxygen atoms in total. The van der Waals surface area contributed by atoms with Crippen molar-refractivity contribution in [1.82, 2.24) is 0 Å². The van der Waals surface area contributed by atoms with Crippen molar-refractivity contribution in [3.63, 3.8) is 0 Å². The van der Waals surface area contributed by atoms with Gasteiger partial charge in [-0.3, -0.25) is 0 Å². The summed E-state index contributed by atoms with van der Waals surface area (Å²) in [6, 6.07) is 7.99. The molecule has 0 aliphatic carbocycles. The first-order chi connectivity index (χ1) is 9.76. The number of hydrogen-bond donors (Lipinski definition) is 1. The van der Waals surface area contributed by atoms with Gasteiger partial charge in [0.1, 0.15) is 0 Å². The van der Waals surface area contributed by atoms with Crippen molar-refractivity contribution >= 4 is 11.6 Å². The average molecular weight is 297 g/mol. The fraction of sp³-hybridized carbons (Fsp3) is 0.667. The minimum atomic E-state index is 0.280. The number of benzene rings is 1. The standard InChI is InChI=1S/C18H29ClO/c1-2-3-4-5-6-7-8-10-17(15-20)13-16-11-9-12-18(19)14-16/h9,11-12,14,17,20H,2-8,10,13,15H2,1H3. The highest BCUT2D eigenvalue weighted by Crippen LogP contribution is 2.19. The van der Waals surface area contributed by atoms with Gasteiger partial charge in [-0.25, -0.2) is 0 Å². The third kappa shape index (κ3) is 7.91. The number of halogens is 1. The van der Waals surface area contributed by atoms with Gasteiger partial charge >= 0.3 is 0 Å². The van der Waals surface area contributed by atoms with Crippen LogP contribution in [0.4, 0.5) is 0 Å². The highest BCUT2D eigenvalue weighted by atomic mass is 35.5. The highest BCUT2D eigenvalue weighted by Gasteiger charge is 2.08. The Hall–Kier alpha value is -0.530. The van der Waals surface area contributed by atoms with E-state index in [1.54, 1.807) is 0 Å². The van der Waals surface area contributed by atoms with Gasteiger partial charge < -0.3 is 5.11 Å². The molecule has 1 aromatic carbocycles. The lowest BCUT2D eigenvalue weighted by atomic mass is 9.94. The average Bonchev–Trinajstić information content (AvgIpc) is 2.45. The van der Waals surface area contributed by atoms with E-state index in [0.717, 1.165) is 17.9 Å². The molecule has 0 amide bonds. The van der Waals surface area contributed by atoms with Crippen LogP contribution in [-0.4, -0.2) is 11.7 Å². The lowest BCUT2D eigenvalue weighted by Crippen LogP contribution is -2.09. The topological polar surface area (TPSA) is 20.2 Å². The van der Waals surface area contributed by atoms with E-state index in [1.807, 2.05) is 18.2 Å². The zero-order valence-electron chi connectivity index (χ0n) is 12.8. The number of aliphatic hydroxyl groups is 1. The Morgan fingerprint density at radius 3 is 2.40 bits per heavy atom. The van der Waals surface area contributed by atoms with Crippen LogP contribution in [0.1, 0.15) is 63.9 Å². The predicted molar refractivity (Wildman–Crippen MR) is 88.3 cm³/mol. The van der Waals surface area contributed by atoms with E-state index in [0.29, 0.717) is 5.92 Å². The number of unbranched alkanes of at least 4 members (excludes halogenated alkanes) is 6. The largest absolute Gasteiger partial charge is 0.396 e. The van der Waals surface area contributed by atoms with Gasteiger partial charge in [-0.15, -0.1) is 0 Å². The third-order valence-corrected chi connectivity index (χ3v) is 4.12. The molecule has 0 radical (unpaired) electrons. The number of aliphatic hydroxyl groups excluding tert-OH is 1. The second-order valence-corrected chi connectivity index (χ2v) is 6.23. The minimum Gasteiger partial charge on any atom is -0.396 e. The Morgan fingerprint density at radius 1 is 1.05 bits per heavy atom. The molecule has 0 saturated carbocycles. The van der Waals surface area contributed by atoms with Gasteiger partial charge in [0, 0.05) is 11.6 Å². The van der Waals surface area contributed by atoms with Gasteiger partial charge in [0.05, 0.1) is 0 Å². The molecule has 1 N–H and O–H groups in total. The van der Waals surface area contributed by atoms with Gasteiger partial charge in [0.2, 0.25) is 0 Å². The second-order valence-electron chi connectivity index (χ2n) is 5.79. The van der Waals surface area contributed by atoms with Crippen molar-refractivity contribution in [3.8, 4) is 0 Å². The molecule has 0 saturated heterocycles. The maximum Gasteiger partial charge on any atom is 0.0462 e. The van der Waals surface area contributed by atoms with Crippen LogP contribution in [-0.2, 0) is 6.42 Å². The second kappa shape index (κ2) is 11.2. The van der Waals surface area contributed by atoms with E-state index >= 15 is 0 Å². The Balaban J connectivity index is 2.16. The summed E-state index contributed by atoms with van der Waals surface area (Å²) in [5, 5.41) is 10.3. The summed E-state index contributed by atoms with van der Waals surface area (Å²) in [5.74, 6) is 0.379. The quantitative estimate of drug-likeness (QED) is 0.525. The van der Waals surface area contributed by atoms with Crippen molar-refractivity contribution in [2.75, 3.05) is 6.61 Å². The first kappa shape index (κ1) is 17.5. The predicted octanol–water partition coefficient (Wildman–Crippen LogP) is 5.63. The maximum absolute atomic E-state index is 9.50. The van der Waals surface area contributed by atoms with Gasteiger partial charge in [0.25, 0.3) is 0 Å². The van der Waals surface area contributed by atoms with E-state index < -0.39 is 0 Å². The molecule has 0 fully saturated rings. The van der Waals surface area contributed by atoms with Crippen LogP contribution in [0.5, 0.6) is 0 Å². The molecule has 114 valence electrons. The first-order valence-corrected chi connectivity index (χ1v) is 8.49. The summed E-state index contributed by atoms with van der Waals surface area (Å²) < 4.78 is 0. The Kier molecular flexibility index (Phi) is 9.78. The molecule has 0 aliphatic rings. The van der Waals surface area contributed by atoms with Gasteiger partial charge in [-0.2, -0.15) is 0 Å². The summed E-state index contributed by atoms with van der Waals surface area (Å²) in [4.78, 5) is 0. The lowest BCUT2D eigenvalue weighted by Gasteiger charge is -2.14. The summed E-state index contributed by atoms with van der Waals surface area (Å²) >= 11 is 6.00. The van der Waals surface area contributed by atoms with Gasteiger partial charge in [-0.1, -0.05) is 75.6 Å². The fourth-order valence-corrected chi connectivity index (χ4v) is 2.86. The zero-order valence-corrected chi connectivity index (χ0v) is 13.5. The van der Waals surface area contributed by atoms with Crippen LogP contribution < -0.4 is 0 Å². The normalized spacial score (nSPS) is 12.6. The SMILES string of the molecule is CCCCCCCCCC(CO)Cc1cccc(Cl)c1. The molecule has 0 spiro atoms. The van der Waals surface area contributed by atoms with Crippen LogP contribution in [0.2, 0.25) is 5.02 Å². The molecule has 1 rings (SSSR count). The van der Waals surface area contributed by atoms with Crippen molar-refractivity contribution in [2.45, 2.75) is 64.7 Å². The van der Waals surface area contributed by atoms with Gasteiger partial charge in [0.15, 0.2) is 0 Å². The van der Waals surface area contributed by atoms with E-state index in [-0.39, 0.29) is 6.61 Å². The van der Waals surface area contributed by atoms with E-state index in [4.69, 9.17) is 11.6 Å². The lowest BCUT2D eigenvalue weighted by molar-refractivity contribution is 0.214. The van der Waals surface area contributed by atoms with Crippen molar-refractivity contribution in [1.29, 1.82) is 0 Å².